The van der Waals surface area contributed by atoms with E-state index in [9.17, 15) is 0 Å². The van der Waals surface area contributed by atoms with Gasteiger partial charge in [0.2, 0.25) is 0 Å². The van der Waals surface area contributed by atoms with E-state index in [1.165, 1.54) is 180 Å². The van der Waals surface area contributed by atoms with Crippen LogP contribution in [-0.2, 0) is 10.4 Å². The predicted octanol–water partition coefficient (Wildman–Crippen LogP) is 7.11. The van der Waals surface area contributed by atoms with Gasteiger partial charge in [0.15, 0.2) is 0 Å². The van der Waals surface area contributed by atoms with Crippen LogP contribution in [0.4, 0.5) is 0 Å². The Balaban J connectivity index is -0.000000604. The molecule has 0 bridgehead atoms. The van der Waals surface area contributed by atoms with Crippen molar-refractivity contribution in [2.24, 2.45) is 0 Å². The Morgan fingerprint density at radius 2 is 0.512 bits per heavy atom. The summed E-state index contributed by atoms with van der Waals surface area (Å²) in [6, 6.07) is 0. The molecule has 0 aliphatic rings. The molecule has 7 heteroatoms. The minimum atomic E-state index is -5.17. The first-order valence-corrected chi connectivity index (χ1v) is 19.2. The molecule has 6 nitrogen and oxygen atoms in total. The van der Waals surface area contributed by atoms with Crippen molar-refractivity contribution in [1.29, 1.82) is 0 Å². The molecule has 0 rings (SSSR count). The molecule has 2 N–H and O–H groups in total. The lowest BCUT2D eigenvalue weighted by atomic mass is 10.1. The van der Waals surface area contributed by atoms with Gasteiger partial charge in [-0.15, -0.1) is 0 Å². The van der Waals surface area contributed by atoms with Gasteiger partial charge >= 0.3 is 0 Å². The Morgan fingerprint density at radius 1 is 0.366 bits per heavy atom. The van der Waals surface area contributed by atoms with E-state index in [1.54, 1.807) is 9.80 Å². The van der Waals surface area contributed by atoms with Gasteiger partial charge in [-0.25, -0.2) is 0 Å². The summed E-state index contributed by atoms with van der Waals surface area (Å²) in [7, 11) is -0.420. The zero-order chi connectivity index (χ0) is 31.5. The molecule has 0 radical (unpaired) electrons. The molecule has 0 aromatic heterocycles. The first-order chi connectivity index (χ1) is 19.6. The second-order valence-electron chi connectivity index (χ2n) is 12.4. The lowest BCUT2D eigenvalue weighted by Crippen LogP contribution is -3.09. The third-order valence-corrected chi connectivity index (χ3v) is 7.83. The highest BCUT2D eigenvalue weighted by Crippen LogP contribution is 2.06. The molecule has 0 spiro atoms. The van der Waals surface area contributed by atoms with Crippen molar-refractivity contribution >= 4 is 10.4 Å². The van der Waals surface area contributed by atoms with Crippen LogP contribution in [0, 0.1) is 0 Å². The van der Waals surface area contributed by atoms with Gasteiger partial charge in [-0.1, -0.05) is 130 Å². The van der Waals surface area contributed by atoms with Gasteiger partial charge in [-0.2, -0.15) is 0 Å². The van der Waals surface area contributed by atoms with E-state index >= 15 is 0 Å². The van der Waals surface area contributed by atoms with Crippen molar-refractivity contribution in [3.63, 3.8) is 0 Å². The summed E-state index contributed by atoms with van der Waals surface area (Å²) in [6.07, 6.45) is 34.4. The molecule has 0 aliphatic carbocycles. The average molecular weight is 609 g/mol. The monoisotopic (exact) mass is 609 g/mol. The lowest BCUT2D eigenvalue weighted by Gasteiger charge is -2.13. The molecule has 252 valence electrons. The Hall–Kier alpha value is -0.210. The maximum absolute atomic E-state index is 8.52. The molecular weight excluding hydrogens is 532 g/mol. The quantitative estimate of drug-likeness (QED) is 0.0563. The van der Waals surface area contributed by atoms with Gasteiger partial charge in [0, 0.05) is 10.4 Å². The van der Waals surface area contributed by atoms with Crippen molar-refractivity contribution in [1.82, 2.24) is 0 Å². The SMILES string of the molecule is CCCCCCCC[NH+](C)CCCCCCCC.CCCCCCCC[NH+](C)CCCCCCCC.O=S(=O)([O-])[O-]. The summed E-state index contributed by atoms with van der Waals surface area (Å²) in [5, 5.41) is 0. The molecule has 0 amide bonds. The van der Waals surface area contributed by atoms with Crippen LogP contribution in [0.5, 0.6) is 0 Å². The number of hydrogen-bond donors (Lipinski definition) is 2. The van der Waals surface area contributed by atoms with Gasteiger partial charge in [0.25, 0.3) is 0 Å². The van der Waals surface area contributed by atoms with E-state index in [1.807, 2.05) is 0 Å². The van der Waals surface area contributed by atoms with Gasteiger partial charge in [-0.3, -0.25) is 8.42 Å². The van der Waals surface area contributed by atoms with Crippen LogP contribution in [0.2, 0.25) is 0 Å². The van der Waals surface area contributed by atoms with E-state index in [2.05, 4.69) is 41.8 Å². The fourth-order valence-corrected chi connectivity index (χ4v) is 5.08. The second-order valence-corrected chi connectivity index (χ2v) is 13.2. The van der Waals surface area contributed by atoms with E-state index < -0.39 is 10.4 Å². The van der Waals surface area contributed by atoms with E-state index in [0.29, 0.717) is 0 Å². The summed E-state index contributed by atoms with van der Waals surface area (Å²) < 4.78 is 34.1. The van der Waals surface area contributed by atoms with Crippen LogP contribution >= 0.6 is 0 Å². The highest BCUT2D eigenvalue weighted by atomic mass is 32.3. The third kappa shape index (κ3) is 56.2. The molecule has 0 aliphatic heterocycles. The van der Waals surface area contributed by atoms with Crippen LogP contribution in [0.15, 0.2) is 0 Å². The normalized spacial score (nSPS) is 11.4. The smallest absolute Gasteiger partial charge is 0.0768 e. The van der Waals surface area contributed by atoms with E-state index in [-0.39, 0.29) is 0 Å². The van der Waals surface area contributed by atoms with E-state index in [0.717, 1.165) is 0 Å². The molecule has 0 aromatic rings. The first kappa shape index (κ1) is 45.2. The lowest BCUT2D eigenvalue weighted by molar-refractivity contribution is -0.880. The highest BCUT2D eigenvalue weighted by molar-refractivity contribution is 7.79. The third-order valence-electron chi connectivity index (χ3n) is 7.83. The van der Waals surface area contributed by atoms with Crippen LogP contribution in [0.3, 0.4) is 0 Å². The van der Waals surface area contributed by atoms with Crippen LogP contribution in [0.25, 0.3) is 0 Å². The van der Waals surface area contributed by atoms with Gasteiger partial charge in [0.05, 0.1) is 40.3 Å². The number of hydrogen-bond acceptors (Lipinski definition) is 4. The topological polar surface area (TPSA) is 89.1 Å². The Labute approximate surface area is 259 Å². The minimum absolute atomic E-state index is 1.36. The van der Waals surface area contributed by atoms with Gasteiger partial charge in [-0.05, 0) is 51.4 Å². The minimum Gasteiger partial charge on any atom is -0.759 e. The number of unbranched alkanes of at least 4 members (excludes halogenated alkanes) is 20. The number of nitrogens with one attached hydrogen (secondary N) is 2. The molecule has 0 saturated carbocycles. The van der Waals surface area contributed by atoms with Crippen molar-refractivity contribution in [3.8, 4) is 0 Å². The maximum Gasteiger partial charge on any atom is 0.0768 e. The first-order valence-electron chi connectivity index (χ1n) is 17.9. The van der Waals surface area contributed by atoms with Crippen molar-refractivity contribution < 1.29 is 27.3 Å². The molecule has 0 fully saturated rings. The number of rotatable bonds is 28. The highest BCUT2D eigenvalue weighted by Gasteiger charge is 2.02. The molecule has 41 heavy (non-hydrogen) atoms. The number of quaternary nitrogens is 2. The van der Waals surface area contributed by atoms with Crippen molar-refractivity contribution in [2.75, 3.05) is 40.3 Å². The average Bonchev–Trinajstić information content (AvgIpc) is 2.91. The van der Waals surface area contributed by atoms with Crippen LogP contribution < -0.4 is 9.80 Å². The summed E-state index contributed by atoms with van der Waals surface area (Å²) in [5.74, 6) is 0. The van der Waals surface area contributed by atoms with Crippen molar-refractivity contribution in [2.45, 2.75) is 182 Å². The molecule has 0 saturated heterocycles. The van der Waals surface area contributed by atoms with Gasteiger partial charge in [0.1, 0.15) is 0 Å². The Kier molecular flexibility index (Phi) is 41.7. The zero-order valence-corrected chi connectivity index (χ0v) is 29.7. The summed E-state index contributed by atoms with van der Waals surface area (Å²) in [5.41, 5.74) is 0. The fraction of sp³-hybridized carbons (Fsp3) is 1.00. The van der Waals surface area contributed by atoms with Gasteiger partial charge < -0.3 is 18.9 Å². The maximum atomic E-state index is 8.52. The predicted molar refractivity (Wildman–Crippen MR) is 177 cm³/mol. The Bertz CT molecular complexity index is 487. The molecule has 0 atom stereocenters. The van der Waals surface area contributed by atoms with Crippen LogP contribution in [0.1, 0.15) is 182 Å². The summed E-state index contributed by atoms with van der Waals surface area (Å²) >= 11 is 0. The Morgan fingerprint density at radius 3 is 0.683 bits per heavy atom. The van der Waals surface area contributed by atoms with E-state index in [4.69, 9.17) is 17.5 Å². The standard InChI is InChI=1S/2C17H37N.H2O4S/c2*1-4-6-8-10-12-14-16-18(3)17-15-13-11-9-7-5-2;1-5(2,3)4/h2*4-17H2,1-3H3;(H2,1,2,3,4). The zero-order valence-electron chi connectivity index (χ0n) is 28.8. The largest absolute Gasteiger partial charge is 0.759 e. The molecular formula is C34H76N2O4S. The second kappa shape index (κ2) is 37.8. The fourth-order valence-electron chi connectivity index (χ4n) is 5.08. The summed E-state index contributed by atoms with van der Waals surface area (Å²) in [6.45, 7) is 14.7. The molecule has 0 aromatic carbocycles. The molecule has 0 heterocycles. The summed E-state index contributed by atoms with van der Waals surface area (Å²) in [4.78, 5) is 3.50. The molecule has 0 unspecified atom stereocenters. The van der Waals surface area contributed by atoms with Crippen molar-refractivity contribution in [3.05, 3.63) is 0 Å². The van der Waals surface area contributed by atoms with Crippen LogP contribution in [-0.4, -0.2) is 57.8 Å².